The number of piperidine rings is 1. The monoisotopic (exact) mass is 556 g/mol. The van der Waals surface area contributed by atoms with Gasteiger partial charge in [0.05, 0.1) is 17.5 Å². The van der Waals surface area contributed by atoms with E-state index in [4.69, 9.17) is 0 Å². The summed E-state index contributed by atoms with van der Waals surface area (Å²) in [6, 6.07) is 17.4. The Kier molecular flexibility index (Phi) is 10.2. The van der Waals surface area contributed by atoms with E-state index in [1.807, 2.05) is 37.3 Å². The smallest absolute Gasteiger partial charge is 0.243 e. The summed E-state index contributed by atoms with van der Waals surface area (Å²) in [7, 11) is -3.39. The highest BCUT2D eigenvalue weighted by molar-refractivity contribution is 14.0. The minimum absolute atomic E-state index is 0. The second-order valence-corrected chi connectivity index (χ2v) is 9.52. The Morgan fingerprint density at radius 2 is 1.68 bits per heavy atom. The van der Waals surface area contributed by atoms with Crippen LogP contribution in [0.2, 0.25) is 0 Å². The molecule has 0 bridgehead atoms. The lowest BCUT2D eigenvalue weighted by Crippen LogP contribution is -2.38. The molecule has 1 fully saturated rings. The summed E-state index contributed by atoms with van der Waals surface area (Å²) < 4.78 is 27.2. The molecule has 1 heterocycles. The van der Waals surface area contributed by atoms with Gasteiger partial charge in [-0.1, -0.05) is 48.9 Å². The molecule has 0 spiro atoms. The standard InChI is InChI=1S/C23H32N4O2S.HI/c1-3-24-23(26-19(2)21-10-6-4-7-11-21)25-18-20-12-14-22(15-13-20)30(28,29)27-16-8-5-9-17-27;/h4,6-7,10-15,19H,3,5,8-9,16-18H2,1-2H3,(H2,24,25,26);1H. The van der Waals surface area contributed by atoms with Crippen LogP contribution in [0.25, 0.3) is 0 Å². The number of hydrogen-bond donors (Lipinski definition) is 2. The zero-order valence-corrected chi connectivity index (χ0v) is 21.4. The lowest BCUT2D eigenvalue weighted by Gasteiger charge is -2.25. The number of sulfonamides is 1. The van der Waals surface area contributed by atoms with Gasteiger partial charge in [0.1, 0.15) is 0 Å². The van der Waals surface area contributed by atoms with Crippen molar-refractivity contribution in [3.63, 3.8) is 0 Å². The van der Waals surface area contributed by atoms with Crippen LogP contribution in [0.4, 0.5) is 0 Å². The van der Waals surface area contributed by atoms with Gasteiger partial charge in [-0.2, -0.15) is 4.31 Å². The van der Waals surface area contributed by atoms with Crippen LogP contribution in [0.15, 0.2) is 64.5 Å². The first-order chi connectivity index (χ1) is 14.5. The Bertz CT molecular complexity index is 928. The van der Waals surface area contributed by atoms with E-state index in [0.717, 1.165) is 37.3 Å². The maximum absolute atomic E-state index is 12.8. The number of halogens is 1. The second kappa shape index (κ2) is 12.4. The lowest BCUT2D eigenvalue weighted by atomic mass is 10.1. The van der Waals surface area contributed by atoms with Gasteiger partial charge in [0.25, 0.3) is 0 Å². The highest BCUT2D eigenvalue weighted by Crippen LogP contribution is 2.21. The molecule has 2 aromatic carbocycles. The molecule has 1 atom stereocenters. The van der Waals surface area contributed by atoms with Crippen LogP contribution in [0.3, 0.4) is 0 Å². The van der Waals surface area contributed by atoms with E-state index >= 15 is 0 Å². The SMILES string of the molecule is CCNC(=NCc1ccc(S(=O)(=O)N2CCCCC2)cc1)NC(C)c1ccccc1.I. The van der Waals surface area contributed by atoms with Crippen molar-refractivity contribution in [2.75, 3.05) is 19.6 Å². The summed E-state index contributed by atoms with van der Waals surface area (Å²) in [5.41, 5.74) is 2.16. The van der Waals surface area contributed by atoms with Gasteiger partial charge in [0, 0.05) is 19.6 Å². The molecule has 31 heavy (non-hydrogen) atoms. The molecule has 6 nitrogen and oxygen atoms in total. The highest BCUT2D eigenvalue weighted by Gasteiger charge is 2.25. The second-order valence-electron chi connectivity index (χ2n) is 7.58. The van der Waals surface area contributed by atoms with Crippen LogP contribution < -0.4 is 10.6 Å². The number of guanidine groups is 1. The average molecular weight is 557 g/mol. The molecular formula is C23H33IN4O2S. The number of benzene rings is 2. The zero-order valence-electron chi connectivity index (χ0n) is 18.3. The molecule has 0 saturated carbocycles. The maximum atomic E-state index is 12.8. The average Bonchev–Trinajstić information content (AvgIpc) is 2.79. The molecule has 2 N–H and O–H groups in total. The van der Waals surface area contributed by atoms with Crippen molar-refractivity contribution >= 4 is 40.0 Å². The van der Waals surface area contributed by atoms with E-state index in [1.165, 1.54) is 5.56 Å². The van der Waals surface area contributed by atoms with Crippen molar-refractivity contribution < 1.29 is 8.42 Å². The molecule has 1 aliphatic rings. The van der Waals surface area contributed by atoms with Gasteiger partial charge in [-0.05, 0) is 49.9 Å². The fourth-order valence-electron chi connectivity index (χ4n) is 3.54. The predicted molar refractivity (Wildman–Crippen MR) is 137 cm³/mol. The fraction of sp³-hybridized carbons (Fsp3) is 0.435. The Labute approximate surface area is 203 Å². The number of nitrogens with one attached hydrogen (secondary N) is 2. The summed E-state index contributed by atoms with van der Waals surface area (Å²) in [6.45, 7) is 6.60. The number of aliphatic imine (C=N–C) groups is 1. The predicted octanol–water partition coefficient (Wildman–Crippen LogP) is 4.30. The molecule has 1 unspecified atom stereocenters. The molecule has 3 rings (SSSR count). The summed E-state index contributed by atoms with van der Waals surface area (Å²) in [5.74, 6) is 0.735. The molecular weight excluding hydrogens is 523 g/mol. The largest absolute Gasteiger partial charge is 0.357 e. The highest BCUT2D eigenvalue weighted by atomic mass is 127. The molecule has 0 aliphatic carbocycles. The number of hydrogen-bond acceptors (Lipinski definition) is 3. The van der Waals surface area contributed by atoms with Crippen molar-refractivity contribution in [2.45, 2.75) is 50.6 Å². The van der Waals surface area contributed by atoms with E-state index in [2.05, 4.69) is 34.7 Å². The number of rotatable bonds is 7. The van der Waals surface area contributed by atoms with Crippen molar-refractivity contribution in [3.05, 3.63) is 65.7 Å². The van der Waals surface area contributed by atoms with Crippen LogP contribution in [0.5, 0.6) is 0 Å². The molecule has 1 saturated heterocycles. The van der Waals surface area contributed by atoms with Crippen molar-refractivity contribution in [1.29, 1.82) is 0 Å². The third kappa shape index (κ3) is 7.18. The molecule has 0 aromatic heterocycles. The molecule has 0 radical (unpaired) electrons. The van der Waals surface area contributed by atoms with E-state index in [9.17, 15) is 8.42 Å². The van der Waals surface area contributed by atoms with E-state index in [0.29, 0.717) is 24.5 Å². The normalized spacial score (nSPS) is 16.3. The van der Waals surface area contributed by atoms with Crippen LogP contribution in [-0.2, 0) is 16.6 Å². The molecule has 1 aliphatic heterocycles. The van der Waals surface area contributed by atoms with Gasteiger partial charge in [0.2, 0.25) is 10.0 Å². The van der Waals surface area contributed by atoms with E-state index in [1.54, 1.807) is 16.4 Å². The van der Waals surface area contributed by atoms with Crippen molar-refractivity contribution in [1.82, 2.24) is 14.9 Å². The Balaban J connectivity index is 0.00000341. The van der Waals surface area contributed by atoms with E-state index in [-0.39, 0.29) is 30.0 Å². The lowest BCUT2D eigenvalue weighted by molar-refractivity contribution is 0.346. The Hall–Kier alpha value is -1.65. The third-order valence-electron chi connectivity index (χ3n) is 5.29. The van der Waals surface area contributed by atoms with Gasteiger partial charge in [0.15, 0.2) is 5.96 Å². The first-order valence-corrected chi connectivity index (χ1v) is 12.1. The van der Waals surface area contributed by atoms with Gasteiger partial charge in [-0.3, -0.25) is 0 Å². The summed E-state index contributed by atoms with van der Waals surface area (Å²) in [4.78, 5) is 5.03. The van der Waals surface area contributed by atoms with Gasteiger partial charge in [-0.25, -0.2) is 13.4 Å². The third-order valence-corrected chi connectivity index (χ3v) is 7.21. The first-order valence-electron chi connectivity index (χ1n) is 10.7. The first kappa shape index (κ1) is 25.6. The molecule has 170 valence electrons. The summed E-state index contributed by atoms with van der Waals surface area (Å²) in [5, 5.41) is 6.69. The van der Waals surface area contributed by atoms with Crippen LogP contribution in [0.1, 0.15) is 50.3 Å². The zero-order chi connectivity index (χ0) is 21.4. The van der Waals surface area contributed by atoms with Crippen LogP contribution in [0, 0.1) is 0 Å². The van der Waals surface area contributed by atoms with Crippen molar-refractivity contribution in [3.8, 4) is 0 Å². The minimum atomic E-state index is -3.39. The minimum Gasteiger partial charge on any atom is -0.357 e. The summed E-state index contributed by atoms with van der Waals surface area (Å²) in [6.07, 6.45) is 2.98. The Morgan fingerprint density at radius 3 is 2.29 bits per heavy atom. The maximum Gasteiger partial charge on any atom is 0.243 e. The van der Waals surface area contributed by atoms with Crippen LogP contribution >= 0.6 is 24.0 Å². The van der Waals surface area contributed by atoms with Gasteiger partial charge in [-0.15, -0.1) is 24.0 Å². The molecule has 8 heteroatoms. The van der Waals surface area contributed by atoms with Crippen LogP contribution in [-0.4, -0.2) is 38.3 Å². The van der Waals surface area contributed by atoms with Gasteiger partial charge >= 0.3 is 0 Å². The van der Waals surface area contributed by atoms with E-state index < -0.39 is 10.0 Å². The fourth-order valence-corrected chi connectivity index (χ4v) is 5.06. The summed E-state index contributed by atoms with van der Waals surface area (Å²) >= 11 is 0. The van der Waals surface area contributed by atoms with Gasteiger partial charge < -0.3 is 10.6 Å². The van der Waals surface area contributed by atoms with Crippen molar-refractivity contribution in [2.24, 2.45) is 4.99 Å². The Morgan fingerprint density at radius 1 is 1.03 bits per heavy atom. The topological polar surface area (TPSA) is 73.8 Å². The number of nitrogens with zero attached hydrogens (tertiary/aromatic N) is 2. The quantitative estimate of drug-likeness (QED) is 0.303. The molecule has 0 amide bonds. The molecule has 2 aromatic rings.